The van der Waals surface area contributed by atoms with E-state index in [2.05, 4.69) is 17.6 Å². The number of carbonyl (C=O) groups is 1. The van der Waals surface area contributed by atoms with Crippen LogP contribution in [0.2, 0.25) is 0 Å². The van der Waals surface area contributed by atoms with Crippen LogP contribution >= 0.6 is 24.0 Å². The zero-order valence-corrected chi connectivity index (χ0v) is 17.6. The summed E-state index contributed by atoms with van der Waals surface area (Å²) in [6.07, 6.45) is 5.43. The van der Waals surface area contributed by atoms with Crippen LogP contribution in [0.3, 0.4) is 0 Å². The average Bonchev–Trinajstić information content (AvgIpc) is 3.24. The summed E-state index contributed by atoms with van der Waals surface area (Å²) in [6, 6.07) is 0. The Labute approximate surface area is 158 Å². The first kappa shape index (κ1) is 20.5. The third-order valence-electron chi connectivity index (χ3n) is 4.47. The molecule has 2 saturated carbocycles. The Bertz CT molecular complexity index is 436. The van der Waals surface area contributed by atoms with E-state index in [4.69, 9.17) is 4.99 Å². The number of amides is 1. The summed E-state index contributed by atoms with van der Waals surface area (Å²) >= 11 is 0. The first-order valence-electron chi connectivity index (χ1n) is 8.56. The van der Waals surface area contributed by atoms with Crippen molar-refractivity contribution in [3.8, 4) is 0 Å². The van der Waals surface area contributed by atoms with E-state index in [-0.39, 0.29) is 35.4 Å². The number of halogens is 1. The maximum absolute atomic E-state index is 12.1. The third-order valence-corrected chi connectivity index (χ3v) is 4.47. The van der Waals surface area contributed by atoms with E-state index in [1.165, 1.54) is 25.7 Å². The molecule has 0 aliphatic heterocycles. The summed E-state index contributed by atoms with van der Waals surface area (Å²) in [5.74, 6) is 1.79. The number of likely N-dealkylation sites (N-methyl/N-ethyl adjacent to an activating group) is 1. The highest BCUT2D eigenvalue weighted by atomic mass is 127. The summed E-state index contributed by atoms with van der Waals surface area (Å²) < 4.78 is 0. The van der Waals surface area contributed by atoms with Crippen molar-refractivity contribution in [1.29, 1.82) is 0 Å². The fourth-order valence-electron chi connectivity index (χ4n) is 3.00. The lowest BCUT2D eigenvalue weighted by Gasteiger charge is -2.26. The minimum absolute atomic E-state index is 0. The second-order valence-electron chi connectivity index (χ2n) is 7.96. The maximum atomic E-state index is 12.1. The molecule has 0 atom stereocenters. The van der Waals surface area contributed by atoms with Gasteiger partial charge in [0.1, 0.15) is 0 Å². The van der Waals surface area contributed by atoms with Gasteiger partial charge in [0, 0.05) is 25.7 Å². The first-order chi connectivity index (χ1) is 10.3. The second kappa shape index (κ2) is 8.03. The number of hydrogen-bond donors (Lipinski definition) is 2. The minimum Gasteiger partial charge on any atom is -0.357 e. The highest BCUT2D eigenvalue weighted by molar-refractivity contribution is 14.0. The Hall–Kier alpha value is -0.530. The highest BCUT2D eigenvalue weighted by Gasteiger charge is 2.53. The Morgan fingerprint density at radius 2 is 1.91 bits per heavy atom. The molecular formula is C17H33IN4O. The fraction of sp³-hybridized carbons (Fsp3) is 0.882. The van der Waals surface area contributed by atoms with Crippen molar-refractivity contribution < 1.29 is 4.79 Å². The van der Waals surface area contributed by atoms with Crippen LogP contribution in [0.15, 0.2) is 4.99 Å². The quantitative estimate of drug-likeness (QED) is 0.383. The van der Waals surface area contributed by atoms with Gasteiger partial charge < -0.3 is 15.5 Å². The molecule has 2 rings (SSSR count). The summed E-state index contributed by atoms with van der Waals surface area (Å²) in [5, 5.41) is 6.30. The van der Waals surface area contributed by atoms with Gasteiger partial charge in [-0.25, -0.2) is 0 Å². The van der Waals surface area contributed by atoms with Crippen molar-refractivity contribution in [3.63, 3.8) is 0 Å². The molecule has 0 bridgehead atoms. The van der Waals surface area contributed by atoms with Crippen LogP contribution in [0, 0.1) is 11.3 Å². The lowest BCUT2D eigenvalue weighted by atomic mass is 10.0. The molecule has 2 aliphatic carbocycles. The Morgan fingerprint density at radius 3 is 2.35 bits per heavy atom. The molecule has 2 aliphatic rings. The van der Waals surface area contributed by atoms with E-state index in [1.807, 2.05) is 32.7 Å². The van der Waals surface area contributed by atoms with Crippen LogP contribution in [-0.4, -0.2) is 49.0 Å². The third kappa shape index (κ3) is 6.47. The predicted octanol–water partition coefficient (Wildman–Crippen LogP) is 2.61. The highest BCUT2D eigenvalue weighted by Crippen LogP contribution is 2.61. The molecule has 0 unspecified atom stereocenters. The number of guanidine groups is 1. The van der Waals surface area contributed by atoms with Crippen LogP contribution in [0.5, 0.6) is 0 Å². The second-order valence-corrected chi connectivity index (χ2v) is 7.96. The van der Waals surface area contributed by atoms with Crippen molar-refractivity contribution >= 4 is 35.8 Å². The molecule has 23 heavy (non-hydrogen) atoms. The minimum atomic E-state index is -0.197. The van der Waals surface area contributed by atoms with Gasteiger partial charge in [0.15, 0.2) is 5.96 Å². The van der Waals surface area contributed by atoms with E-state index in [0.29, 0.717) is 12.0 Å². The molecule has 6 heteroatoms. The summed E-state index contributed by atoms with van der Waals surface area (Å²) in [4.78, 5) is 18.8. The number of hydrogen-bond acceptors (Lipinski definition) is 2. The molecule has 2 N–H and O–H groups in total. The van der Waals surface area contributed by atoms with Gasteiger partial charge in [-0.1, -0.05) is 0 Å². The van der Waals surface area contributed by atoms with Crippen molar-refractivity contribution in [2.45, 2.75) is 58.9 Å². The van der Waals surface area contributed by atoms with Crippen molar-refractivity contribution in [2.24, 2.45) is 16.3 Å². The van der Waals surface area contributed by atoms with Crippen molar-refractivity contribution in [3.05, 3.63) is 0 Å². The van der Waals surface area contributed by atoms with Crippen LogP contribution in [0.25, 0.3) is 0 Å². The molecule has 134 valence electrons. The van der Waals surface area contributed by atoms with Gasteiger partial charge in [-0.15, -0.1) is 24.0 Å². The van der Waals surface area contributed by atoms with Gasteiger partial charge in [-0.3, -0.25) is 9.79 Å². The molecular weight excluding hydrogens is 403 g/mol. The van der Waals surface area contributed by atoms with Crippen LogP contribution in [0.4, 0.5) is 0 Å². The fourth-order valence-corrected chi connectivity index (χ4v) is 3.00. The number of nitrogens with zero attached hydrogens (tertiary/aromatic N) is 2. The maximum Gasteiger partial charge on any atom is 0.240 e. The van der Waals surface area contributed by atoms with Gasteiger partial charge in [0.25, 0.3) is 0 Å². The molecule has 1 amide bonds. The van der Waals surface area contributed by atoms with E-state index >= 15 is 0 Å². The van der Waals surface area contributed by atoms with E-state index in [9.17, 15) is 4.79 Å². The molecule has 0 aromatic rings. The number of aliphatic imine (C=N–C) groups is 1. The van der Waals surface area contributed by atoms with Crippen molar-refractivity contribution in [2.75, 3.05) is 26.7 Å². The zero-order chi connectivity index (χ0) is 16.4. The van der Waals surface area contributed by atoms with Gasteiger partial charge in [0.05, 0.1) is 6.54 Å². The summed E-state index contributed by atoms with van der Waals surface area (Å²) in [5.41, 5.74) is 0.298. The summed E-state index contributed by atoms with van der Waals surface area (Å²) in [7, 11) is 1.93. The SMILES string of the molecule is CCNC(=NCC1(C2CC2)CC1)N(C)CC(=O)NC(C)(C)C.I. The molecule has 0 aromatic carbocycles. The van der Waals surface area contributed by atoms with E-state index < -0.39 is 0 Å². The Balaban J connectivity index is 0.00000264. The lowest BCUT2D eigenvalue weighted by Crippen LogP contribution is -2.48. The normalized spacial score (nSPS) is 19.6. The molecule has 0 radical (unpaired) electrons. The molecule has 0 heterocycles. The standard InChI is InChI=1S/C17H32N4O.HI/c1-6-18-15(19-12-17(9-10-17)13-7-8-13)21(5)11-14(22)20-16(2,3)4;/h13H,6-12H2,1-5H3,(H,18,19)(H,20,22);1H. The summed E-state index contributed by atoms with van der Waals surface area (Å²) in [6.45, 7) is 10.1. The molecule has 0 saturated heterocycles. The predicted molar refractivity (Wildman–Crippen MR) is 106 cm³/mol. The van der Waals surface area contributed by atoms with Crippen LogP contribution < -0.4 is 10.6 Å². The smallest absolute Gasteiger partial charge is 0.240 e. The van der Waals surface area contributed by atoms with Crippen LogP contribution in [0.1, 0.15) is 53.4 Å². The monoisotopic (exact) mass is 436 g/mol. The first-order valence-corrected chi connectivity index (χ1v) is 8.56. The molecule has 0 aromatic heterocycles. The van der Waals surface area contributed by atoms with Gasteiger partial charge in [0.2, 0.25) is 5.91 Å². The van der Waals surface area contributed by atoms with Gasteiger partial charge in [-0.05, 0) is 64.7 Å². The topological polar surface area (TPSA) is 56.7 Å². The lowest BCUT2D eigenvalue weighted by molar-refractivity contribution is -0.122. The Morgan fingerprint density at radius 1 is 1.30 bits per heavy atom. The largest absolute Gasteiger partial charge is 0.357 e. The van der Waals surface area contributed by atoms with Crippen molar-refractivity contribution in [1.82, 2.24) is 15.5 Å². The molecule has 0 spiro atoms. The number of carbonyl (C=O) groups excluding carboxylic acids is 1. The molecule has 2 fully saturated rings. The van der Waals surface area contributed by atoms with E-state index in [0.717, 1.165) is 25.0 Å². The number of nitrogens with one attached hydrogen (secondary N) is 2. The van der Waals surface area contributed by atoms with Gasteiger partial charge in [-0.2, -0.15) is 0 Å². The average molecular weight is 436 g/mol. The van der Waals surface area contributed by atoms with Gasteiger partial charge >= 0.3 is 0 Å². The molecule has 5 nitrogen and oxygen atoms in total. The zero-order valence-electron chi connectivity index (χ0n) is 15.2. The number of rotatable bonds is 6. The Kier molecular flexibility index (Phi) is 7.16. The van der Waals surface area contributed by atoms with E-state index in [1.54, 1.807) is 0 Å². The van der Waals surface area contributed by atoms with Crippen LogP contribution in [-0.2, 0) is 4.79 Å².